The van der Waals surface area contributed by atoms with E-state index in [9.17, 15) is 19.2 Å². The molecular formula is C20H22N6O4. The van der Waals surface area contributed by atoms with E-state index in [-0.39, 0.29) is 35.5 Å². The molecule has 0 saturated carbocycles. The van der Waals surface area contributed by atoms with Gasteiger partial charge in [-0.25, -0.2) is 0 Å². The van der Waals surface area contributed by atoms with Crippen LogP contribution in [0.2, 0.25) is 0 Å². The first-order valence-electron chi connectivity index (χ1n) is 9.76. The monoisotopic (exact) mass is 410 g/mol. The van der Waals surface area contributed by atoms with Crippen LogP contribution < -0.4 is 26.8 Å². The number of nitrogens with two attached hydrogens (primary N) is 1. The van der Waals surface area contributed by atoms with Crippen molar-refractivity contribution in [2.45, 2.75) is 25.2 Å². The van der Waals surface area contributed by atoms with Crippen LogP contribution in [0.3, 0.4) is 0 Å². The van der Waals surface area contributed by atoms with Gasteiger partial charge in [0.25, 0.3) is 5.56 Å². The van der Waals surface area contributed by atoms with Crippen LogP contribution in [0.4, 0.5) is 17.5 Å². The first kappa shape index (κ1) is 19.6. The van der Waals surface area contributed by atoms with E-state index in [1.807, 2.05) is 11.0 Å². The van der Waals surface area contributed by atoms with Gasteiger partial charge in [-0.05, 0) is 25.0 Å². The van der Waals surface area contributed by atoms with E-state index in [1.165, 1.54) is 0 Å². The van der Waals surface area contributed by atoms with Crippen LogP contribution in [0.1, 0.15) is 30.7 Å². The highest BCUT2D eigenvalue weighted by atomic mass is 16.2. The van der Waals surface area contributed by atoms with Crippen LogP contribution in [0.5, 0.6) is 0 Å². The van der Waals surface area contributed by atoms with Crippen molar-refractivity contribution >= 4 is 35.2 Å². The summed E-state index contributed by atoms with van der Waals surface area (Å²) in [6, 6.07) is 8.83. The lowest BCUT2D eigenvalue weighted by atomic mass is 9.92. The molecule has 0 bridgehead atoms. The molecule has 2 aliphatic rings. The Balaban J connectivity index is 1.59. The van der Waals surface area contributed by atoms with Crippen LogP contribution in [-0.4, -0.2) is 40.8 Å². The summed E-state index contributed by atoms with van der Waals surface area (Å²) < 4.78 is 0. The van der Waals surface area contributed by atoms with E-state index in [0.29, 0.717) is 37.6 Å². The molecule has 3 heterocycles. The number of aromatic amines is 1. The maximum Gasteiger partial charge on any atom is 0.258 e. The molecule has 1 aromatic heterocycles. The van der Waals surface area contributed by atoms with Gasteiger partial charge >= 0.3 is 0 Å². The van der Waals surface area contributed by atoms with E-state index in [0.717, 1.165) is 0 Å². The summed E-state index contributed by atoms with van der Waals surface area (Å²) in [4.78, 5) is 58.2. The Kier molecular flexibility index (Phi) is 5.21. The first-order valence-corrected chi connectivity index (χ1v) is 9.76. The summed E-state index contributed by atoms with van der Waals surface area (Å²) in [7, 11) is 0. The number of nitrogens with zero attached hydrogens (tertiary/aromatic N) is 2. The Morgan fingerprint density at radius 2 is 1.83 bits per heavy atom. The van der Waals surface area contributed by atoms with Crippen molar-refractivity contribution in [2.24, 2.45) is 11.7 Å². The minimum atomic E-state index is -0.945. The number of benzene rings is 1. The summed E-state index contributed by atoms with van der Waals surface area (Å²) >= 11 is 0. The summed E-state index contributed by atoms with van der Waals surface area (Å²) in [6.45, 7) is 1.00. The topological polar surface area (TPSA) is 150 Å². The van der Waals surface area contributed by atoms with Crippen LogP contribution in [0.15, 0.2) is 35.1 Å². The number of carbonyl (C=O) groups is 3. The molecule has 0 radical (unpaired) electrons. The third-order valence-electron chi connectivity index (χ3n) is 5.49. The zero-order chi connectivity index (χ0) is 21.3. The maximum atomic E-state index is 12.8. The van der Waals surface area contributed by atoms with Gasteiger partial charge in [-0.15, -0.1) is 0 Å². The number of piperidine rings is 1. The zero-order valence-corrected chi connectivity index (χ0v) is 16.2. The molecule has 1 saturated heterocycles. The molecule has 0 aliphatic carbocycles. The van der Waals surface area contributed by atoms with Crippen molar-refractivity contribution in [1.82, 2.24) is 9.97 Å². The average Bonchev–Trinajstić information content (AvgIpc) is 2.73. The van der Waals surface area contributed by atoms with Crippen molar-refractivity contribution in [3.63, 3.8) is 0 Å². The Morgan fingerprint density at radius 3 is 2.50 bits per heavy atom. The molecule has 10 nitrogen and oxygen atoms in total. The number of aromatic nitrogens is 2. The third kappa shape index (κ3) is 3.88. The molecule has 1 unspecified atom stereocenters. The number of carbonyl (C=O) groups excluding carboxylic acids is 3. The van der Waals surface area contributed by atoms with E-state index in [1.54, 1.807) is 24.3 Å². The van der Waals surface area contributed by atoms with Gasteiger partial charge in [0.15, 0.2) is 0 Å². The number of amides is 3. The summed E-state index contributed by atoms with van der Waals surface area (Å²) in [5.41, 5.74) is 5.61. The van der Waals surface area contributed by atoms with Crippen molar-refractivity contribution in [2.75, 3.05) is 28.6 Å². The van der Waals surface area contributed by atoms with Crippen molar-refractivity contribution in [3.8, 4) is 0 Å². The number of H-pyrrole nitrogens is 1. The summed E-state index contributed by atoms with van der Waals surface area (Å²) in [5, 5.41) is 5.35. The molecular weight excluding hydrogens is 388 g/mol. The van der Waals surface area contributed by atoms with E-state index >= 15 is 0 Å². The van der Waals surface area contributed by atoms with Gasteiger partial charge in [-0.1, -0.05) is 18.2 Å². The van der Waals surface area contributed by atoms with Gasteiger partial charge in [-0.3, -0.25) is 24.2 Å². The minimum Gasteiger partial charge on any atom is -0.369 e. The Morgan fingerprint density at radius 1 is 1.13 bits per heavy atom. The van der Waals surface area contributed by atoms with E-state index in [4.69, 9.17) is 5.73 Å². The van der Waals surface area contributed by atoms with Gasteiger partial charge < -0.3 is 21.3 Å². The van der Waals surface area contributed by atoms with Gasteiger partial charge in [-0.2, -0.15) is 4.98 Å². The maximum absolute atomic E-state index is 12.8. The predicted molar refractivity (Wildman–Crippen MR) is 110 cm³/mol. The molecule has 2 aromatic rings. The largest absolute Gasteiger partial charge is 0.369 e. The highest BCUT2D eigenvalue weighted by Crippen LogP contribution is 2.31. The number of fused-ring (bicyclic) bond motifs is 1. The lowest BCUT2D eigenvalue weighted by Crippen LogP contribution is -2.41. The van der Waals surface area contributed by atoms with Crippen molar-refractivity contribution < 1.29 is 14.4 Å². The van der Waals surface area contributed by atoms with Gasteiger partial charge in [0.1, 0.15) is 5.82 Å². The fourth-order valence-corrected chi connectivity index (χ4v) is 3.86. The molecule has 0 spiro atoms. The number of anilines is 3. The lowest BCUT2D eigenvalue weighted by Gasteiger charge is -2.32. The molecule has 10 heteroatoms. The Labute approximate surface area is 171 Å². The standard InChI is InChI=1S/C20H22N6O4/c21-16(28)11-6-8-26(9-7-11)20-24-17-15(19(30)25-20)13(10-14(27)23-17)18(29)22-12-4-2-1-3-5-12/h1-5,11,13H,6-10H2,(H2,21,28)(H,22,29)(H2,23,24,25,27,30). The number of rotatable bonds is 4. The SMILES string of the molecule is NC(=O)C1CCN(c2nc3c(c(=O)[nH]2)C(C(=O)Nc2ccccc2)CC(=O)N3)CC1. The molecule has 5 N–H and O–H groups in total. The van der Waals surface area contributed by atoms with E-state index < -0.39 is 17.4 Å². The second kappa shape index (κ2) is 7.97. The molecule has 4 rings (SSSR count). The number of nitrogens with one attached hydrogen (secondary N) is 3. The van der Waals surface area contributed by atoms with Crippen LogP contribution in [0, 0.1) is 5.92 Å². The molecule has 30 heavy (non-hydrogen) atoms. The first-order chi connectivity index (χ1) is 14.4. The highest BCUT2D eigenvalue weighted by Gasteiger charge is 2.35. The average molecular weight is 410 g/mol. The van der Waals surface area contributed by atoms with Gasteiger partial charge in [0.05, 0.1) is 11.5 Å². The van der Waals surface area contributed by atoms with Gasteiger partial charge in [0.2, 0.25) is 23.7 Å². The van der Waals surface area contributed by atoms with Crippen molar-refractivity contribution in [3.05, 3.63) is 46.2 Å². The molecule has 1 fully saturated rings. The minimum absolute atomic E-state index is 0.0928. The second-order valence-electron chi connectivity index (χ2n) is 7.48. The third-order valence-corrected chi connectivity index (χ3v) is 5.49. The van der Waals surface area contributed by atoms with Crippen LogP contribution in [-0.2, 0) is 14.4 Å². The summed E-state index contributed by atoms with van der Waals surface area (Å²) in [6.07, 6.45) is 0.981. The number of hydrogen-bond donors (Lipinski definition) is 4. The quantitative estimate of drug-likeness (QED) is 0.578. The molecule has 1 aromatic carbocycles. The smallest absolute Gasteiger partial charge is 0.258 e. The van der Waals surface area contributed by atoms with Crippen LogP contribution >= 0.6 is 0 Å². The lowest BCUT2D eigenvalue weighted by molar-refractivity contribution is -0.123. The number of para-hydroxylation sites is 1. The molecule has 3 amide bonds. The second-order valence-corrected chi connectivity index (χ2v) is 7.48. The zero-order valence-electron chi connectivity index (χ0n) is 16.2. The molecule has 156 valence electrons. The van der Waals surface area contributed by atoms with Crippen molar-refractivity contribution in [1.29, 1.82) is 0 Å². The Hall–Kier alpha value is -3.69. The highest BCUT2D eigenvalue weighted by molar-refractivity contribution is 6.04. The number of primary amides is 1. The normalized spacial score (nSPS) is 19.0. The predicted octanol–water partition coefficient (Wildman–Crippen LogP) is 0.536. The molecule has 2 aliphatic heterocycles. The van der Waals surface area contributed by atoms with E-state index in [2.05, 4.69) is 20.6 Å². The Bertz CT molecular complexity index is 1040. The summed E-state index contributed by atoms with van der Waals surface area (Å²) in [5.74, 6) is -1.91. The fourth-order valence-electron chi connectivity index (χ4n) is 3.86. The fraction of sp³-hybridized carbons (Fsp3) is 0.350. The van der Waals surface area contributed by atoms with Crippen LogP contribution in [0.25, 0.3) is 0 Å². The van der Waals surface area contributed by atoms with Gasteiger partial charge in [0, 0.05) is 31.1 Å². The molecule has 1 atom stereocenters. The number of hydrogen-bond acceptors (Lipinski definition) is 6.